The summed E-state index contributed by atoms with van der Waals surface area (Å²) in [5, 5.41) is 29.6. The van der Waals surface area contributed by atoms with Crippen LogP contribution in [0.3, 0.4) is 0 Å². The first kappa shape index (κ1) is 17.6. The maximum absolute atomic E-state index is 9.10. The molecule has 0 atom stereocenters. The Bertz CT molecular complexity index is 172. The fourth-order valence-electron chi connectivity index (χ4n) is 0. The van der Waals surface area contributed by atoms with E-state index in [9.17, 15) is 0 Å². The molecule has 0 rings (SSSR count). The van der Waals surface area contributed by atoms with E-state index in [1.807, 2.05) is 0 Å². The number of hydrogen-bond acceptors (Lipinski definition) is 4. The minimum absolute atomic E-state index is 0. The van der Waals surface area contributed by atoms with Gasteiger partial charge in [-0.25, -0.2) is 19.2 Å². The van der Waals surface area contributed by atoms with Crippen LogP contribution in [0, 0.1) is 0 Å². The van der Waals surface area contributed by atoms with Gasteiger partial charge in [0.15, 0.2) is 0 Å². The van der Waals surface area contributed by atoms with Crippen LogP contribution in [0.4, 0.5) is 0 Å². The Hall–Kier alpha value is -1.48. The summed E-state index contributed by atoms with van der Waals surface area (Å²) < 4.78 is 0. The van der Waals surface area contributed by atoms with Crippen molar-refractivity contribution in [1.82, 2.24) is 0 Å². The van der Waals surface area contributed by atoms with Gasteiger partial charge in [-0.1, -0.05) is 0 Å². The molecule has 0 aliphatic heterocycles. The van der Waals surface area contributed by atoms with Crippen LogP contribution in [-0.2, 0) is 39.0 Å². The summed E-state index contributed by atoms with van der Waals surface area (Å²) in [4.78, 5) is 36.4. The van der Waals surface area contributed by atoms with Crippen molar-refractivity contribution in [2.45, 2.75) is 0 Å². The number of carboxylic acids is 4. The summed E-state index contributed by atoms with van der Waals surface area (Å²) in [7, 11) is 0. The third-order valence-electron chi connectivity index (χ3n) is 0.366. The van der Waals surface area contributed by atoms with Gasteiger partial charge in [-0.05, 0) is 0 Å². The second kappa shape index (κ2) is 8.61. The molecule has 0 radical (unpaired) electrons. The molecule has 4 N–H and O–H groups in total. The minimum Gasteiger partial charge on any atom is -0.473 e. The van der Waals surface area contributed by atoms with E-state index in [0.717, 1.165) is 0 Å². The summed E-state index contributed by atoms with van der Waals surface area (Å²) in [5.74, 6) is -7.30. The van der Waals surface area contributed by atoms with Crippen LogP contribution in [0.2, 0.25) is 0 Å². The molecule has 0 saturated heterocycles. The van der Waals surface area contributed by atoms with Crippen LogP contribution in [0.1, 0.15) is 0 Å². The first-order valence-electron chi connectivity index (χ1n) is 2.21. The van der Waals surface area contributed by atoms with Gasteiger partial charge in [0.25, 0.3) is 0 Å². The van der Waals surface area contributed by atoms with Gasteiger partial charge in [0.1, 0.15) is 0 Å². The number of hydrogen-bond donors (Lipinski definition) is 4. The average molecular weight is 370 g/mol. The Morgan fingerprint density at radius 2 is 0.615 bits per heavy atom. The van der Waals surface area contributed by atoms with Crippen LogP contribution in [-0.4, -0.2) is 44.3 Å². The largest absolute Gasteiger partial charge is 0.473 e. The van der Waals surface area contributed by atoms with Crippen molar-refractivity contribution in [2.75, 3.05) is 0 Å². The molecule has 0 aliphatic rings. The normalized spacial score (nSPS) is 6.77. The minimum atomic E-state index is -1.82. The Balaban J connectivity index is -0.000000143. The molecule has 0 unspecified atom stereocenters. The monoisotopic (exact) mass is 372 g/mol. The van der Waals surface area contributed by atoms with Crippen molar-refractivity contribution in [3.05, 3.63) is 0 Å². The quantitative estimate of drug-likeness (QED) is 0.369. The van der Waals surface area contributed by atoms with Crippen molar-refractivity contribution < 1.29 is 59.4 Å². The van der Waals surface area contributed by atoms with Gasteiger partial charge in [0.05, 0.1) is 0 Å². The van der Waals surface area contributed by atoms with E-state index in [2.05, 4.69) is 0 Å². The van der Waals surface area contributed by atoms with E-state index in [-0.39, 0.29) is 19.8 Å². The summed E-state index contributed by atoms with van der Waals surface area (Å²) in [5.41, 5.74) is 0. The van der Waals surface area contributed by atoms with Crippen LogP contribution < -0.4 is 0 Å². The number of carbonyl (C=O) groups is 4. The van der Waals surface area contributed by atoms with Crippen molar-refractivity contribution in [3.63, 3.8) is 0 Å². The first-order chi connectivity index (χ1) is 5.29. The Kier molecular flexibility index (Phi) is 11.6. The number of rotatable bonds is 0. The number of aliphatic carboxylic acids is 4. The van der Waals surface area contributed by atoms with Crippen molar-refractivity contribution >= 4 is 23.9 Å². The smallest absolute Gasteiger partial charge is 0.414 e. The molecular formula is C4H4O8Os. The molecule has 0 aromatic heterocycles. The molecule has 0 saturated carbocycles. The van der Waals surface area contributed by atoms with Crippen LogP contribution >= 0.6 is 0 Å². The molecule has 13 heavy (non-hydrogen) atoms. The Labute approximate surface area is 83.8 Å². The molecule has 0 fully saturated rings. The average Bonchev–Trinajstić information content (AvgIpc) is 1.88. The van der Waals surface area contributed by atoms with E-state index in [0.29, 0.717) is 0 Å². The molecular weight excluding hydrogens is 366 g/mol. The predicted octanol–water partition coefficient (Wildman–Crippen LogP) is -1.69. The summed E-state index contributed by atoms with van der Waals surface area (Å²) >= 11 is 0. The molecule has 8 nitrogen and oxygen atoms in total. The zero-order chi connectivity index (χ0) is 10.3. The van der Waals surface area contributed by atoms with Crippen LogP contribution in [0.25, 0.3) is 0 Å². The molecule has 0 spiro atoms. The van der Waals surface area contributed by atoms with Crippen LogP contribution in [0.15, 0.2) is 0 Å². The fourth-order valence-corrected chi connectivity index (χ4v) is 0. The number of carboxylic acid groups (broad SMARTS) is 4. The van der Waals surface area contributed by atoms with Crippen molar-refractivity contribution in [2.24, 2.45) is 0 Å². The van der Waals surface area contributed by atoms with Gasteiger partial charge in [-0.2, -0.15) is 0 Å². The van der Waals surface area contributed by atoms with Gasteiger partial charge in [-0.3, -0.25) is 0 Å². The Morgan fingerprint density at radius 1 is 0.538 bits per heavy atom. The van der Waals surface area contributed by atoms with E-state index in [4.69, 9.17) is 39.6 Å². The molecule has 0 bridgehead atoms. The van der Waals surface area contributed by atoms with Gasteiger partial charge < -0.3 is 20.4 Å². The van der Waals surface area contributed by atoms with Gasteiger partial charge in [0, 0.05) is 19.8 Å². The van der Waals surface area contributed by atoms with E-state index in [1.54, 1.807) is 0 Å². The van der Waals surface area contributed by atoms with E-state index in [1.165, 1.54) is 0 Å². The second-order valence-electron chi connectivity index (χ2n) is 1.22. The molecule has 0 aromatic rings. The van der Waals surface area contributed by atoms with E-state index < -0.39 is 23.9 Å². The third kappa shape index (κ3) is 18.0. The van der Waals surface area contributed by atoms with E-state index >= 15 is 0 Å². The molecule has 0 aromatic carbocycles. The van der Waals surface area contributed by atoms with Gasteiger partial charge in [0.2, 0.25) is 0 Å². The maximum atomic E-state index is 9.10. The maximum Gasteiger partial charge on any atom is 0.414 e. The Morgan fingerprint density at radius 3 is 0.615 bits per heavy atom. The fraction of sp³-hybridized carbons (Fsp3) is 0. The zero-order valence-electron chi connectivity index (χ0n) is 5.78. The molecule has 0 amide bonds. The summed E-state index contributed by atoms with van der Waals surface area (Å²) in [6, 6.07) is 0. The van der Waals surface area contributed by atoms with Gasteiger partial charge in [-0.15, -0.1) is 0 Å². The van der Waals surface area contributed by atoms with Crippen LogP contribution in [0.5, 0.6) is 0 Å². The predicted molar refractivity (Wildman–Crippen MR) is 30.5 cm³/mol. The third-order valence-corrected chi connectivity index (χ3v) is 0.366. The van der Waals surface area contributed by atoms with Crippen molar-refractivity contribution in [1.29, 1.82) is 0 Å². The van der Waals surface area contributed by atoms with Crippen molar-refractivity contribution in [3.8, 4) is 0 Å². The second-order valence-corrected chi connectivity index (χ2v) is 1.22. The molecule has 9 heteroatoms. The molecule has 0 aliphatic carbocycles. The zero-order valence-corrected chi connectivity index (χ0v) is 8.32. The molecule has 76 valence electrons. The topological polar surface area (TPSA) is 149 Å². The SMILES string of the molecule is O=C(O)C(=O)O.O=C(O)C(=O)O.[Os]. The molecule has 0 heterocycles. The standard InChI is InChI=1S/2C2H2O4.Os/c2*3-1(4)2(5)6;/h2*(H,3,4)(H,5,6);. The van der Waals surface area contributed by atoms with Gasteiger partial charge >= 0.3 is 23.9 Å². The summed E-state index contributed by atoms with van der Waals surface area (Å²) in [6.07, 6.45) is 0. The first-order valence-corrected chi connectivity index (χ1v) is 2.21. The summed E-state index contributed by atoms with van der Waals surface area (Å²) in [6.45, 7) is 0.